The van der Waals surface area contributed by atoms with Gasteiger partial charge in [0.1, 0.15) is 5.92 Å². The highest BCUT2D eigenvalue weighted by Crippen LogP contribution is 2.46. The summed E-state index contributed by atoms with van der Waals surface area (Å²) in [7, 11) is 0. The molecule has 30 heavy (non-hydrogen) atoms. The summed E-state index contributed by atoms with van der Waals surface area (Å²) in [6.45, 7) is 2.08. The number of nitrogens with two attached hydrogens (primary N) is 1. The topological polar surface area (TPSA) is 72.6 Å². The summed E-state index contributed by atoms with van der Waals surface area (Å²) in [5, 5.41) is 0.606. The van der Waals surface area contributed by atoms with Crippen LogP contribution in [0, 0.1) is 0 Å². The van der Waals surface area contributed by atoms with Gasteiger partial charge in [-0.05, 0) is 49.1 Å². The van der Waals surface area contributed by atoms with E-state index in [1.807, 2.05) is 35.2 Å². The molecule has 0 unspecified atom stereocenters. The number of ether oxygens (including phenoxy) is 1. The summed E-state index contributed by atoms with van der Waals surface area (Å²) in [6.07, 6.45) is 3.77. The van der Waals surface area contributed by atoms with Gasteiger partial charge in [-0.1, -0.05) is 54.8 Å². The van der Waals surface area contributed by atoms with Gasteiger partial charge in [0.25, 0.3) is 5.91 Å². The fourth-order valence-corrected chi connectivity index (χ4v) is 5.03. The van der Waals surface area contributed by atoms with Gasteiger partial charge in [-0.25, -0.2) is 0 Å². The Labute approximate surface area is 182 Å². The molecule has 158 valence electrons. The predicted octanol–water partition coefficient (Wildman–Crippen LogP) is 4.45. The van der Waals surface area contributed by atoms with E-state index in [9.17, 15) is 9.59 Å². The number of fused-ring (bicyclic) bond motifs is 1. The Balaban J connectivity index is 1.90. The number of carbonyl (C=O) groups is 2. The fourth-order valence-electron chi connectivity index (χ4n) is 4.90. The second-order valence-corrected chi connectivity index (χ2v) is 8.48. The zero-order valence-corrected chi connectivity index (χ0v) is 17.8. The number of amides is 1. The van der Waals surface area contributed by atoms with Gasteiger partial charge in [-0.15, -0.1) is 0 Å². The molecule has 1 aliphatic heterocycles. The molecule has 1 saturated carbocycles. The highest BCUT2D eigenvalue weighted by atomic mass is 35.5. The third-order valence-corrected chi connectivity index (χ3v) is 6.52. The lowest BCUT2D eigenvalue weighted by Gasteiger charge is -2.48. The van der Waals surface area contributed by atoms with Crippen LogP contribution in [0.3, 0.4) is 0 Å². The summed E-state index contributed by atoms with van der Waals surface area (Å²) < 4.78 is 5.48. The van der Waals surface area contributed by atoms with Crippen LogP contribution in [0.2, 0.25) is 5.02 Å². The van der Waals surface area contributed by atoms with Crippen LogP contribution in [0.25, 0.3) is 0 Å². The Kier molecular flexibility index (Phi) is 6.11. The lowest BCUT2D eigenvalue weighted by molar-refractivity contribution is -0.147. The van der Waals surface area contributed by atoms with Gasteiger partial charge in [0.05, 0.1) is 12.6 Å². The van der Waals surface area contributed by atoms with Crippen molar-refractivity contribution in [2.45, 2.75) is 56.7 Å². The Morgan fingerprint density at radius 2 is 1.83 bits per heavy atom. The molecular weight excluding hydrogens is 400 g/mol. The van der Waals surface area contributed by atoms with Crippen molar-refractivity contribution in [3.63, 3.8) is 0 Å². The van der Waals surface area contributed by atoms with E-state index in [1.165, 1.54) is 0 Å². The van der Waals surface area contributed by atoms with Gasteiger partial charge in [0.15, 0.2) is 0 Å². The largest absolute Gasteiger partial charge is 0.465 e. The van der Waals surface area contributed by atoms with Crippen LogP contribution in [-0.2, 0) is 9.53 Å². The molecule has 4 rings (SSSR count). The predicted molar refractivity (Wildman–Crippen MR) is 116 cm³/mol. The van der Waals surface area contributed by atoms with Crippen molar-refractivity contribution < 1.29 is 14.3 Å². The molecule has 0 bridgehead atoms. The molecule has 1 fully saturated rings. The third-order valence-electron chi connectivity index (χ3n) is 6.27. The Hall–Kier alpha value is -2.37. The van der Waals surface area contributed by atoms with E-state index in [1.54, 1.807) is 25.1 Å². The van der Waals surface area contributed by atoms with Crippen LogP contribution in [0.5, 0.6) is 0 Å². The van der Waals surface area contributed by atoms with Gasteiger partial charge < -0.3 is 15.4 Å². The van der Waals surface area contributed by atoms with Crippen molar-refractivity contribution in [1.29, 1.82) is 0 Å². The monoisotopic (exact) mass is 426 g/mol. The summed E-state index contributed by atoms with van der Waals surface area (Å²) in [6, 6.07) is 14.0. The van der Waals surface area contributed by atoms with Crippen molar-refractivity contribution in [1.82, 2.24) is 4.90 Å². The first-order valence-corrected chi connectivity index (χ1v) is 11.0. The SMILES string of the molecule is CCOC(=O)[C@@H]1c2ccccc2C(=O)N([C@H]2CCCC[C@@H]2N)[C@H]1c1ccc(Cl)cc1. The second kappa shape index (κ2) is 8.78. The molecular formula is C24H27ClN2O3. The number of hydrogen-bond acceptors (Lipinski definition) is 4. The number of benzene rings is 2. The van der Waals surface area contributed by atoms with Gasteiger partial charge in [-0.2, -0.15) is 0 Å². The number of nitrogens with zero attached hydrogens (tertiary/aromatic N) is 1. The summed E-state index contributed by atoms with van der Waals surface area (Å²) in [5.74, 6) is -1.02. The Bertz CT molecular complexity index is 930. The van der Waals surface area contributed by atoms with Gasteiger partial charge in [0.2, 0.25) is 0 Å². The quantitative estimate of drug-likeness (QED) is 0.733. The molecule has 0 saturated heterocycles. The average molecular weight is 427 g/mol. The molecule has 6 heteroatoms. The van der Waals surface area contributed by atoms with Crippen molar-refractivity contribution in [3.05, 3.63) is 70.2 Å². The molecule has 2 aromatic carbocycles. The smallest absolute Gasteiger partial charge is 0.315 e. The van der Waals surface area contributed by atoms with Crippen molar-refractivity contribution in [2.24, 2.45) is 5.73 Å². The van der Waals surface area contributed by atoms with E-state index < -0.39 is 12.0 Å². The second-order valence-electron chi connectivity index (χ2n) is 8.04. The Morgan fingerprint density at radius 3 is 2.53 bits per heavy atom. The minimum absolute atomic E-state index is 0.0755. The molecule has 2 aliphatic rings. The maximum absolute atomic E-state index is 13.7. The molecule has 2 aromatic rings. The van der Waals surface area contributed by atoms with Crippen LogP contribution in [0.1, 0.15) is 66.1 Å². The van der Waals surface area contributed by atoms with E-state index in [0.717, 1.165) is 31.2 Å². The van der Waals surface area contributed by atoms with Crippen LogP contribution in [-0.4, -0.2) is 35.5 Å². The van der Waals surface area contributed by atoms with Crippen molar-refractivity contribution in [3.8, 4) is 0 Å². The van der Waals surface area contributed by atoms with Gasteiger partial charge in [-0.3, -0.25) is 9.59 Å². The highest BCUT2D eigenvalue weighted by molar-refractivity contribution is 6.30. The van der Waals surface area contributed by atoms with Crippen LogP contribution >= 0.6 is 11.6 Å². The lowest BCUT2D eigenvalue weighted by Crippen LogP contribution is -2.56. The third kappa shape index (κ3) is 3.72. The molecule has 1 amide bonds. The van der Waals surface area contributed by atoms with E-state index in [0.29, 0.717) is 16.1 Å². The van der Waals surface area contributed by atoms with E-state index in [-0.39, 0.29) is 30.6 Å². The van der Waals surface area contributed by atoms with Crippen LogP contribution in [0.4, 0.5) is 0 Å². The minimum Gasteiger partial charge on any atom is -0.465 e. The first kappa shape index (κ1) is 20.9. The van der Waals surface area contributed by atoms with Crippen molar-refractivity contribution in [2.75, 3.05) is 6.61 Å². The highest BCUT2D eigenvalue weighted by Gasteiger charge is 2.48. The fraction of sp³-hybridized carbons (Fsp3) is 0.417. The molecule has 1 aliphatic carbocycles. The number of rotatable bonds is 4. The maximum atomic E-state index is 13.7. The lowest BCUT2D eigenvalue weighted by atomic mass is 9.77. The first-order chi connectivity index (χ1) is 14.5. The molecule has 4 atom stereocenters. The summed E-state index contributed by atoms with van der Waals surface area (Å²) in [4.78, 5) is 28.8. The number of esters is 1. The minimum atomic E-state index is -0.617. The summed E-state index contributed by atoms with van der Waals surface area (Å²) in [5.41, 5.74) is 8.63. The summed E-state index contributed by atoms with van der Waals surface area (Å²) >= 11 is 6.13. The zero-order chi connectivity index (χ0) is 21.3. The van der Waals surface area contributed by atoms with E-state index >= 15 is 0 Å². The van der Waals surface area contributed by atoms with Gasteiger partial charge >= 0.3 is 5.97 Å². The average Bonchev–Trinajstić information content (AvgIpc) is 2.75. The number of hydrogen-bond donors (Lipinski definition) is 1. The molecule has 0 radical (unpaired) electrons. The van der Waals surface area contributed by atoms with E-state index in [4.69, 9.17) is 22.1 Å². The maximum Gasteiger partial charge on any atom is 0.315 e. The van der Waals surface area contributed by atoms with Crippen LogP contribution in [0.15, 0.2) is 48.5 Å². The molecule has 2 N–H and O–H groups in total. The van der Waals surface area contributed by atoms with E-state index in [2.05, 4.69) is 0 Å². The first-order valence-electron chi connectivity index (χ1n) is 10.6. The molecule has 1 heterocycles. The van der Waals surface area contributed by atoms with Gasteiger partial charge in [0, 0.05) is 22.7 Å². The van der Waals surface area contributed by atoms with Crippen molar-refractivity contribution >= 4 is 23.5 Å². The zero-order valence-electron chi connectivity index (χ0n) is 17.1. The molecule has 0 spiro atoms. The normalized spacial score (nSPS) is 26.2. The Morgan fingerprint density at radius 1 is 1.13 bits per heavy atom. The van der Waals surface area contributed by atoms with Crippen LogP contribution < -0.4 is 5.73 Å². The number of halogens is 1. The molecule has 0 aromatic heterocycles. The molecule has 5 nitrogen and oxygen atoms in total. The number of carbonyl (C=O) groups excluding carboxylic acids is 2. The standard InChI is InChI=1S/C24H27ClN2O3/c1-2-30-24(29)21-17-7-3-4-8-18(17)23(28)27(20-10-6-5-9-19(20)26)22(21)15-11-13-16(25)14-12-15/h3-4,7-8,11-14,19-22H,2,5-6,9-10,26H2,1H3/t19-,20-,21+,22-/m0/s1.